The number of hydrogen-bond donors (Lipinski definition) is 2. The van der Waals surface area contributed by atoms with Crippen molar-refractivity contribution in [3.05, 3.63) is 101 Å². The molecule has 2 aromatic heterocycles. The monoisotopic (exact) mass is 573 g/mol. The van der Waals surface area contributed by atoms with E-state index < -0.39 is 0 Å². The highest BCUT2D eigenvalue weighted by Crippen LogP contribution is 2.39. The van der Waals surface area contributed by atoms with Crippen LogP contribution in [-0.2, 0) is 5.54 Å². The lowest BCUT2D eigenvalue weighted by Gasteiger charge is -2.38. The van der Waals surface area contributed by atoms with E-state index in [2.05, 4.69) is 108 Å². The van der Waals surface area contributed by atoms with Gasteiger partial charge in [-0.05, 0) is 106 Å². The van der Waals surface area contributed by atoms with Gasteiger partial charge in [0, 0.05) is 55.0 Å². The predicted molar refractivity (Wildman–Crippen MR) is 179 cm³/mol. The molecule has 222 valence electrons. The lowest BCUT2D eigenvalue weighted by Crippen LogP contribution is -2.44. The number of piperazine rings is 1. The van der Waals surface area contributed by atoms with Crippen molar-refractivity contribution in [2.24, 2.45) is 5.73 Å². The lowest BCUT2D eigenvalue weighted by atomic mass is 9.73. The SMILES string of the molecule is CC(C)=C(/C=C\c1nc(-c2cccnc2N)n(-c2ccc(C3(N)CCC3)cc2)c1C)c1cccc(N2CCN(C)CC2)c1. The number of anilines is 2. The topological polar surface area (TPSA) is 89.2 Å². The van der Waals surface area contributed by atoms with Gasteiger partial charge in [-0.15, -0.1) is 0 Å². The van der Waals surface area contributed by atoms with Gasteiger partial charge < -0.3 is 21.3 Å². The van der Waals surface area contributed by atoms with E-state index in [-0.39, 0.29) is 5.54 Å². The van der Waals surface area contributed by atoms with Gasteiger partial charge in [-0.3, -0.25) is 4.57 Å². The zero-order chi connectivity index (χ0) is 30.1. The Bertz CT molecular complexity index is 1660. The molecule has 43 heavy (non-hydrogen) atoms. The van der Waals surface area contributed by atoms with Gasteiger partial charge in [-0.2, -0.15) is 0 Å². The van der Waals surface area contributed by atoms with E-state index in [4.69, 9.17) is 16.5 Å². The van der Waals surface area contributed by atoms with Crippen molar-refractivity contribution in [3.8, 4) is 17.1 Å². The largest absolute Gasteiger partial charge is 0.383 e. The maximum atomic E-state index is 6.62. The van der Waals surface area contributed by atoms with Crippen LogP contribution in [0.4, 0.5) is 11.5 Å². The maximum absolute atomic E-state index is 6.62. The molecule has 1 aliphatic heterocycles. The Morgan fingerprint density at radius 2 is 1.67 bits per heavy atom. The molecule has 2 aliphatic rings. The molecule has 7 nitrogen and oxygen atoms in total. The fraction of sp³-hybridized carbons (Fsp3) is 0.333. The van der Waals surface area contributed by atoms with Crippen molar-refractivity contribution in [2.45, 2.75) is 45.6 Å². The van der Waals surface area contributed by atoms with E-state index in [1.54, 1.807) is 6.20 Å². The van der Waals surface area contributed by atoms with Crippen molar-refractivity contribution in [3.63, 3.8) is 0 Å². The lowest BCUT2D eigenvalue weighted by molar-refractivity contribution is 0.253. The van der Waals surface area contributed by atoms with Crippen LogP contribution >= 0.6 is 0 Å². The summed E-state index contributed by atoms with van der Waals surface area (Å²) in [5.74, 6) is 1.24. The molecule has 3 heterocycles. The molecule has 0 bridgehead atoms. The highest BCUT2D eigenvalue weighted by atomic mass is 15.2. The van der Waals surface area contributed by atoms with Crippen LogP contribution in [0.3, 0.4) is 0 Å². The molecule has 2 aromatic carbocycles. The standard InChI is InChI=1S/C36H43N7/c1-25(2)31(27-8-5-9-30(24-27)42-22-20-41(4)21-23-42)15-16-33-26(3)43(35(40-33)32-10-6-19-39-34(32)37)29-13-11-28(12-14-29)36(38)17-7-18-36/h5-6,8-16,19,24H,7,17-18,20-23,38H2,1-4H3,(H2,37,39)/b16-15-. The first-order valence-corrected chi connectivity index (χ1v) is 15.3. The fourth-order valence-corrected chi connectivity index (χ4v) is 6.22. The van der Waals surface area contributed by atoms with Gasteiger partial charge in [0.05, 0.1) is 11.3 Å². The van der Waals surface area contributed by atoms with Gasteiger partial charge in [0.2, 0.25) is 0 Å². The van der Waals surface area contributed by atoms with Crippen molar-refractivity contribution in [2.75, 3.05) is 43.9 Å². The van der Waals surface area contributed by atoms with Gasteiger partial charge in [-0.25, -0.2) is 9.97 Å². The summed E-state index contributed by atoms with van der Waals surface area (Å²) < 4.78 is 2.18. The summed E-state index contributed by atoms with van der Waals surface area (Å²) in [6, 6.07) is 21.4. The van der Waals surface area contributed by atoms with Gasteiger partial charge in [0.1, 0.15) is 11.6 Å². The van der Waals surface area contributed by atoms with E-state index in [1.165, 1.54) is 34.4 Å². The molecule has 0 atom stereocenters. The van der Waals surface area contributed by atoms with E-state index in [0.717, 1.165) is 67.5 Å². The summed E-state index contributed by atoms with van der Waals surface area (Å²) in [5, 5.41) is 0. The Hall–Kier alpha value is -4.20. The van der Waals surface area contributed by atoms with Crippen LogP contribution in [0.2, 0.25) is 0 Å². The van der Waals surface area contributed by atoms with Gasteiger partial charge in [0.15, 0.2) is 0 Å². The molecule has 1 aliphatic carbocycles. The molecule has 1 saturated carbocycles. The Morgan fingerprint density at radius 1 is 0.930 bits per heavy atom. The van der Waals surface area contributed by atoms with Crippen LogP contribution in [0.25, 0.3) is 28.7 Å². The summed E-state index contributed by atoms with van der Waals surface area (Å²) in [7, 11) is 2.19. The number of aromatic nitrogens is 3. The number of allylic oxidation sites excluding steroid dienone is 3. The van der Waals surface area contributed by atoms with E-state index >= 15 is 0 Å². The van der Waals surface area contributed by atoms with Crippen LogP contribution in [0.5, 0.6) is 0 Å². The number of nitrogens with two attached hydrogens (primary N) is 2. The van der Waals surface area contributed by atoms with Crippen molar-refractivity contribution in [1.29, 1.82) is 0 Å². The number of nitrogens with zero attached hydrogens (tertiary/aromatic N) is 5. The predicted octanol–water partition coefficient (Wildman–Crippen LogP) is 6.42. The minimum absolute atomic E-state index is 0.199. The molecule has 0 amide bonds. The summed E-state index contributed by atoms with van der Waals surface area (Å²) in [6.07, 6.45) is 9.30. The van der Waals surface area contributed by atoms with E-state index in [0.29, 0.717) is 5.82 Å². The van der Waals surface area contributed by atoms with Crippen molar-refractivity contribution in [1.82, 2.24) is 19.4 Å². The summed E-state index contributed by atoms with van der Waals surface area (Å²) in [6.45, 7) is 10.7. The zero-order valence-corrected chi connectivity index (χ0v) is 25.8. The first kappa shape index (κ1) is 28.9. The van der Waals surface area contributed by atoms with Crippen molar-refractivity contribution >= 4 is 23.2 Å². The Kier molecular flexibility index (Phi) is 7.95. The molecule has 6 rings (SSSR count). The average Bonchev–Trinajstić information content (AvgIpc) is 3.32. The summed E-state index contributed by atoms with van der Waals surface area (Å²) in [4.78, 5) is 14.4. The zero-order valence-electron chi connectivity index (χ0n) is 25.8. The molecule has 0 unspecified atom stereocenters. The normalized spacial score (nSPS) is 16.8. The molecule has 0 spiro atoms. The Balaban J connectivity index is 1.37. The number of pyridine rings is 1. The third kappa shape index (κ3) is 5.75. The Morgan fingerprint density at radius 3 is 2.33 bits per heavy atom. The second-order valence-corrected chi connectivity index (χ2v) is 12.3. The van der Waals surface area contributed by atoms with Crippen LogP contribution in [0.1, 0.15) is 55.6 Å². The number of nitrogen functional groups attached to an aromatic ring is 1. The number of rotatable bonds is 7. The van der Waals surface area contributed by atoms with Crippen molar-refractivity contribution < 1.29 is 0 Å². The summed E-state index contributed by atoms with van der Waals surface area (Å²) in [5.41, 5.74) is 22.7. The first-order chi connectivity index (χ1) is 20.7. The van der Waals surface area contributed by atoms with Gasteiger partial charge in [-0.1, -0.05) is 35.9 Å². The maximum Gasteiger partial charge on any atom is 0.149 e. The third-order valence-electron chi connectivity index (χ3n) is 9.14. The average molecular weight is 574 g/mol. The molecule has 1 saturated heterocycles. The molecular formula is C36H43N7. The smallest absolute Gasteiger partial charge is 0.149 e. The molecule has 4 N–H and O–H groups in total. The number of hydrogen-bond acceptors (Lipinski definition) is 6. The van der Waals surface area contributed by atoms with Crippen LogP contribution < -0.4 is 16.4 Å². The quantitative estimate of drug-likeness (QED) is 0.248. The van der Waals surface area contributed by atoms with E-state index in [1.807, 2.05) is 12.1 Å². The fourth-order valence-electron chi connectivity index (χ4n) is 6.22. The highest BCUT2D eigenvalue weighted by molar-refractivity contribution is 5.82. The summed E-state index contributed by atoms with van der Waals surface area (Å²) >= 11 is 0. The molecule has 2 fully saturated rings. The first-order valence-electron chi connectivity index (χ1n) is 15.3. The minimum atomic E-state index is -0.199. The number of benzene rings is 2. The molecule has 7 heteroatoms. The van der Waals surface area contributed by atoms with E-state index in [9.17, 15) is 0 Å². The number of imidazole rings is 1. The minimum Gasteiger partial charge on any atom is -0.383 e. The van der Waals surface area contributed by atoms with Crippen LogP contribution in [0, 0.1) is 6.92 Å². The highest BCUT2D eigenvalue weighted by Gasteiger charge is 2.34. The van der Waals surface area contributed by atoms with Gasteiger partial charge in [0.25, 0.3) is 0 Å². The second kappa shape index (κ2) is 11.8. The van der Waals surface area contributed by atoms with Gasteiger partial charge >= 0.3 is 0 Å². The third-order valence-corrected chi connectivity index (χ3v) is 9.14. The molecule has 0 radical (unpaired) electrons. The Labute approximate surface area is 255 Å². The van der Waals surface area contributed by atoms with Crippen LogP contribution in [0.15, 0.2) is 78.5 Å². The number of likely N-dealkylation sites (N-methyl/N-ethyl adjacent to an activating group) is 1. The molecule has 4 aromatic rings. The molecular weight excluding hydrogens is 530 g/mol. The second-order valence-electron chi connectivity index (χ2n) is 12.3. The van der Waals surface area contributed by atoms with Crippen LogP contribution in [-0.4, -0.2) is 52.7 Å².